The molecule has 0 bridgehead atoms. The fourth-order valence-corrected chi connectivity index (χ4v) is 2.13. The Kier molecular flexibility index (Phi) is 4.60. The lowest BCUT2D eigenvalue weighted by Gasteiger charge is -2.00. The largest absolute Gasteiger partial charge is 0.231 e. The monoisotopic (exact) mass is 229 g/mol. The molecule has 0 aliphatic carbocycles. The van der Waals surface area contributed by atoms with Gasteiger partial charge in [-0.1, -0.05) is 51.2 Å². The number of nitrogens with zero attached hydrogens (tertiary/aromatic N) is 2. The maximum atomic E-state index is 4.54. The Hall–Kier alpha value is -1.31. The Balaban J connectivity index is 1.66. The van der Waals surface area contributed by atoms with Gasteiger partial charge in [0.25, 0.3) is 0 Å². The molecule has 1 heterocycles. The summed E-state index contributed by atoms with van der Waals surface area (Å²) in [6.45, 7) is 2.25. The van der Waals surface area contributed by atoms with Crippen LogP contribution in [0.25, 0.3) is 0 Å². The van der Waals surface area contributed by atoms with Crippen molar-refractivity contribution in [2.24, 2.45) is 4.99 Å². The van der Waals surface area contributed by atoms with Crippen LogP contribution < -0.4 is 5.32 Å². The number of fused-ring (bicyclic) bond motifs is 1. The zero-order valence-corrected chi connectivity index (χ0v) is 10.7. The molecule has 17 heavy (non-hydrogen) atoms. The first-order valence-corrected chi connectivity index (χ1v) is 6.78. The lowest BCUT2D eigenvalue weighted by atomic mass is 10.1. The van der Waals surface area contributed by atoms with Crippen molar-refractivity contribution in [2.75, 3.05) is 0 Å². The third-order valence-electron chi connectivity index (χ3n) is 3.13. The molecule has 0 saturated carbocycles. The standard InChI is InChI=1S/C15H21N2/c1-2-3-4-5-6-7-12-15-16-13-10-8-9-11-14(13)17-15/h8-11H,2-7,12H2,1H3. The van der Waals surface area contributed by atoms with Crippen LogP contribution in [0.1, 0.15) is 51.9 Å². The van der Waals surface area contributed by atoms with Crippen LogP contribution in [-0.4, -0.2) is 5.84 Å². The minimum atomic E-state index is 1.02. The fourth-order valence-electron chi connectivity index (χ4n) is 2.13. The van der Waals surface area contributed by atoms with Crippen molar-refractivity contribution in [1.82, 2.24) is 5.32 Å². The van der Waals surface area contributed by atoms with Gasteiger partial charge in [0.05, 0.1) is 11.4 Å². The van der Waals surface area contributed by atoms with Crippen molar-refractivity contribution in [3.63, 3.8) is 0 Å². The van der Waals surface area contributed by atoms with Gasteiger partial charge in [0.1, 0.15) is 5.84 Å². The van der Waals surface area contributed by atoms with Gasteiger partial charge < -0.3 is 0 Å². The molecule has 0 atom stereocenters. The maximum Gasteiger partial charge on any atom is 0.129 e. The fraction of sp³-hybridized carbons (Fsp3) is 0.533. The highest BCUT2D eigenvalue weighted by atomic mass is 15.1. The second-order valence-corrected chi connectivity index (χ2v) is 4.65. The van der Waals surface area contributed by atoms with Gasteiger partial charge in [0.2, 0.25) is 0 Å². The molecule has 91 valence electrons. The lowest BCUT2D eigenvalue weighted by molar-refractivity contribution is 0.614. The van der Waals surface area contributed by atoms with Crippen LogP contribution in [0.3, 0.4) is 0 Å². The number of amidine groups is 1. The molecule has 0 amide bonds. The summed E-state index contributed by atoms with van der Waals surface area (Å²) in [6.07, 6.45) is 8.98. The number of rotatable bonds is 7. The van der Waals surface area contributed by atoms with Crippen molar-refractivity contribution in [3.05, 3.63) is 24.3 Å². The van der Waals surface area contributed by atoms with Crippen LogP contribution >= 0.6 is 0 Å². The van der Waals surface area contributed by atoms with E-state index in [1.54, 1.807) is 0 Å². The van der Waals surface area contributed by atoms with Crippen molar-refractivity contribution < 1.29 is 0 Å². The molecule has 2 rings (SSSR count). The van der Waals surface area contributed by atoms with E-state index < -0.39 is 0 Å². The number of aliphatic imine (C=N–C) groups is 1. The van der Waals surface area contributed by atoms with Gasteiger partial charge in [0, 0.05) is 6.42 Å². The highest BCUT2D eigenvalue weighted by Crippen LogP contribution is 2.30. The molecule has 2 heteroatoms. The first kappa shape index (κ1) is 12.2. The van der Waals surface area contributed by atoms with Crippen LogP contribution in [0.5, 0.6) is 0 Å². The Morgan fingerprint density at radius 3 is 2.35 bits per heavy atom. The molecule has 0 saturated heterocycles. The second-order valence-electron chi connectivity index (χ2n) is 4.65. The highest BCUT2D eigenvalue weighted by Gasteiger charge is 2.13. The first-order chi connectivity index (χ1) is 8.40. The summed E-state index contributed by atoms with van der Waals surface area (Å²) < 4.78 is 0. The molecule has 1 radical (unpaired) electrons. The van der Waals surface area contributed by atoms with Gasteiger partial charge >= 0.3 is 0 Å². The molecule has 0 unspecified atom stereocenters. The van der Waals surface area contributed by atoms with Gasteiger partial charge in [-0.05, 0) is 18.6 Å². The molecule has 0 spiro atoms. The minimum absolute atomic E-state index is 1.02. The molecule has 1 aliphatic heterocycles. The maximum absolute atomic E-state index is 4.54. The van der Waals surface area contributed by atoms with E-state index in [2.05, 4.69) is 17.2 Å². The van der Waals surface area contributed by atoms with E-state index in [0.29, 0.717) is 0 Å². The number of unbranched alkanes of at least 4 members (excludes halogenated alkanes) is 5. The van der Waals surface area contributed by atoms with Crippen LogP contribution in [0, 0.1) is 0 Å². The normalized spacial score (nSPS) is 13.1. The molecule has 1 aliphatic rings. The quantitative estimate of drug-likeness (QED) is 0.605. The second kappa shape index (κ2) is 6.43. The molecule has 1 aromatic rings. The predicted molar refractivity (Wildman–Crippen MR) is 73.3 cm³/mol. The van der Waals surface area contributed by atoms with E-state index in [-0.39, 0.29) is 0 Å². The smallest absolute Gasteiger partial charge is 0.129 e. The Morgan fingerprint density at radius 1 is 0.882 bits per heavy atom. The summed E-state index contributed by atoms with van der Waals surface area (Å²) in [4.78, 5) is 4.54. The lowest BCUT2D eigenvalue weighted by Crippen LogP contribution is -2.05. The average Bonchev–Trinajstić information content (AvgIpc) is 2.76. The summed E-state index contributed by atoms with van der Waals surface area (Å²) in [6, 6.07) is 8.11. The molecular formula is C15H21N2. The Labute approximate surface area is 104 Å². The predicted octanol–water partition coefficient (Wildman–Crippen LogP) is 4.72. The Morgan fingerprint density at radius 2 is 1.59 bits per heavy atom. The van der Waals surface area contributed by atoms with Crippen molar-refractivity contribution >= 4 is 17.2 Å². The van der Waals surface area contributed by atoms with E-state index in [9.17, 15) is 0 Å². The SMILES string of the molecule is CCCCCCCCC1=Nc2ccccc2[N]1. The minimum Gasteiger partial charge on any atom is -0.231 e. The number of hydrogen-bond acceptors (Lipinski definition) is 1. The number of benzene rings is 1. The molecule has 0 aromatic heterocycles. The summed E-state index contributed by atoms with van der Waals surface area (Å²) in [5, 5.41) is 4.54. The average molecular weight is 229 g/mol. The van der Waals surface area contributed by atoms with E-state index in [1.807, 2.05) is 24.3 Å². The van der Waals surface area contributed by atoms with Gasteiger partial charge in [-0.15, -0.1) is 0 Å². The van der Waals surface area contributed by atoms with Gasteiger partial charge in [-0.2, -0.15) is 0 Å². The third-order valence-corrected chi connectivity index (χ3v) is 3.13. The van der Waals surface area contributed by atoms with E-state index in [1.165, 1.54) is 38.5 Å². The zero-order chi connectivity index (χ0) is 11.9. The summed E-state index contributed by atoms with van der Waals surface area (Å²) in [5.74, 6) is 1.02. The third kappa shape index (κ3) is 3.58. The topological polar surface area (TPSA) is 26.5 Å². The van der Waals surface area contributed by atoms with Crippen LogP contribution in [0.4, 0.5) is 11.4 Å². The van der Waals surface area contributed by atoms with Gasteiger partial charge in [0.15, 0.2) is 0 Å². The Bertz CT molecular complexity index is 382. The number of hydrogen-bond donors (Lipinski definition) is 0. The van der Waals surface area contributed by atoms with E-state index in [4.69, 9.17) is 0 Å². The van der Waals surface area contributed by atoms with Crippen LogP contribution in [0.2, 0.25) is 0 Å². The molecule has 1 aromatic carbocycles. The van der Waals surface area contributed by atoms with E-state index >= 15 is 0 Å². The summed E-state index contributed by atoms with van der Waals surface area (Å²) in [5.41, 5.74) is 2.07. The van der Waals surface area contributed by atoms with Crippen molar-refractivity contribution in [2.45, 2.75) is 51.9 Å². The van der Waals surface area contributed by atoms with Crippen LogP contribution in [0.15, 0.2) is 29.3 Å². The summed E-state index contributed by atoms with van der Waals surface area (Å²) >= 11 is 0. The first-order valence-electron chi connectivity index (χ1n) is 6.78. The molecular weight excluding hydrogens is 208 g/mol. The molecule has 0 fully saturated rings. The molecule has 2 nitrogen and oxygen atoms in total. The van der Waals surface area contributed by atoms with Crippen LogP contribution in [-0.2, 0) is 0 Å². The summed E-state index contributed by atoms with van der Waals surface area (Å²) in [7, 11) is 0. The number of para-hydroxylation sites is 2. The zero-order valence-electron chi connectivity index (χ0n) is 10.7. The van der Waals surface area contributed by atoms with Gasteiger partial charge in [-0.25, -0.2) is 10.3 Å². The highest BCUT2D eigenvalue weighted by molar-refractivity contribution is 5.95. The van der Waals surface area contributed by atoms with Crippen molar-refractivity contribution in [3.8, 4) is 0 Å². The molecule has 0 N–H and O–H groups in total. The van der Waals surface area contributed by atoms with E-state index in [0.717, 1.165) is 23.6 Å². The van der Waals surface area contributed by atoms with Crippen molar-refractivity contribution in [1.29, 1.82) is 0 Å². The van der Waals surface area contributed by atoms with Gasteiger partial charge in [-0.3, -0.25) is 0 Å².